The van der Waals surface area contributed by atoms with Gasteiger partial charge in [0.25, 0.3) is 0 Å². The van der Waals surface area contributed by atoms with E-state index in [4.69, 9.17) is 25.5 Å². The maximum atomic E-state index is 9.81. The van der Waals surface area contributed by atoms with Crippen LogP contribution in [0.1, 0.15) is 0 Å². The lowest BCUT2D eigenvalue weighted by atomic mass is 10.1. The molecule has 0 heterocycles. The van der Waals surface area contributed by atoms with Crippen molar-refractivity contribution >= 4 is 6.29 Å². The number of aliphatic hydroxyl groups is 5. The van der Waals surface area contributed by atoms with Crippen LogP contribution in [0.25, 0.3) is 0 Å². The lowest BCUT2D eigenvalue weighted by Crippen LogP contribution is -2.54. The van der Waals surface area contributed by atoms with Crippen LogP contribution in [0.15, 0.2) is 0 Å². The summed E-state index contributed by atoms with van der Waals surface area (Å²) in [5, 5.41) is 42.8. The average Bonchev–Trinajstić information content (AvgIpc) is 2.01. The van der Waals surface area contributed by atoms with Gasteiger partial charge in [0, 0.05) is 0 Å². The number of carbonyl (C=O) groups is 1. The summed E-state index contributed by atoms with van der Waals surface area (Å²) in [5.74, 6) is -2.99. The largest absolute Gasteiger partial charge is 0.393 e. The van der Waals surface area contributed by atoms with Gasteiger partial charge in [0.2, 0.25) is 5.79 Å². The van der Waals surface area contributed by atoms with Crippen molar-refractivity contribution in [3.8, 4) is 0 Å². The summed E-state index contributed by atoms with van der Waals surface area (Å²) < 4.78 is 0. The Kier molecular flexibility index (Phi) is 3.56. The molecule has 0 unspecified atom stereocenters. The quantitative estimate of drug-likeness (QED) is 0.219. The van der Waals surface area contributed by atoms with Gasteiger partial charge in [0.05, 0.1) is 6.61 Å². The van der Waals surface area contributed by atoms with Gasteiger partial charge in [-0.15, -0.1) is 0 Å². The van der Waals surface area contributed by atoms with Crippen LogP contribution in [0.5, 0.6) is 0 Å². The van der Waals surface area contributed by atoms with E-state index >= 15 is 0 Å². The molecule has 0 aromatic heterocycles. The molecule has 0 aliphatic carbocycles. The molecule has 0 aromatic rings. The van der Waals surface area contributed by atoms with E-state index in [1.807, 2.05) is 0 Å². The lowest BCUT2D eigenvalue weighted by Gasteiger charge is -2.27. The fraction of sp³-hybridized carbons (Fsp3) is 0.800. The minimum absolute atomic E-state index is 0.154. The molecule has 0 saturated heterocycles. The number of hydrogen-bond donors (Lipinski definition) is 5. The Morgan fingerprint density at radius 2 is 1.82 bits per heavy atom. The molecule has 0 fully saturated rings. The highest BCUT2D eigenvalue weighted by Gasteiger charge is 2.40. The van der Waals surface area contributed by atoms with Crippen molar-refractivity contribution in [3.05, 3.63) is 0 Å². The summed E-state index contributed by atoms with van der Waals surface area (Å²) in [5.41, 5.74) is 0. The van der Waals surface area contributed by atoms with Gasteiger partial charge in [-0.3, -0.25) is 0 Å². The van der Waals surface area contributed by atoms with E-state index in [0.29, 0.717) is 0 Å². The zero-order valence-electron chi connectivity index (χ0n) is 5.58. The molecule has 0 aromatic carbocycles. The minimum atomic E-state index is -2.99. The molecule has 11 heavy (non-hydrogen) atoms. The van der Waals surface area contributed by atoms with Gasteiger partial charge in [-0.25, -0.2) is 0 Å². The fourth-order valence-electron chi connectivity index (χ4n) is 0.432. The van der Waals surface area contributed by atoms with Gasteiger partial charge in [0.1, 0.15) is 6.10 Å². The number of rotatable bonds is 4. The molecule has 0 amide bonds. The normalized spacial score (nSPS) is 17.5. The SMILES string of the molecule is O=C[C@@H](O)C(O)(O)[C@H](O)CO. The highest BCUT2D eigenvalue weighted by atomic mass is 16.5. The van der Waals surface area contributed by atoms with E-state index in [0.717, 1.165) is 0 Å². The first-order valence-electron chi connectivity index (χ1n) is 2.83. The summed E-state index contributed by atoms with van der Waals surface area (Å²) in [4.78, 5) is 9.81. The van der Waals surface area contributed by atoms with E-state index in [-0.39, 0.29) is 6.29 Å². The maximum absolute atomic E-state index is 9.81. The van der Waals surface area contributed by atoms with Crippen molar-refractivity contribution in [3.63, 3.8) is 0 Å². The molecule has 0 bridgehead atoms. The van der Waals surface area contributed by atoms with Crippen LogP contribution in [0.2, 0.25) is 0 Å². The molecular weight excluding hydrogens is 156 g/mol. The summed E-state index contributed by atoms with van der Waals surface area (Å²) in [6.45, 7) is -0.960. The van der Waals surface area contributed by atoms with Gasteiger partial charge in [-0.1, -0.05) is 0 Å². The van der Waals surface area contributed by atoms with Crippen LogP contribution in [-0.4, -0.2) is 56.4 Å². The molecule has 0 radical (unpaired) electrons. The van der Waals surface area contributed by atoms with Gasteiger partial charge in [-0.05, 0) is 0 Å². The highest BCUT2D eigenvalue weighted by molar-refractivity contribution is 5.57. The van der Waals surface area contributed by atoms with Gasteiger partial charge >= 0.3 is 0 Å². The Bertz CT molecular complexity index is 133. The van der Waals surface area contributed by atoms with Crippen LogP contribution in [0, 0.1) is 0 Å². The third-order valence-corrected chi connectivity index (χ3v) is 1.23. The first-order chi connectivity index (χ1) is 4.96. The van der Waals surface area contributed by atoms with E-state index in [1.54, 1.807) is 0 Å². The van der Waals surface area contributed by atoms with E-state index in [9.17, 15) is 4.79 Å². The first kappa shape index (κ1) is 10.5. The second-order valence-electron chi connectivity index (χ2n) is 2.06. The monoisotopic (exact) mass is 166 g/mol. The molecule has 2 atom stereocenters. The zero-order chi connectivity index (χ0) is 9.07. The van der Waals surface area contributed by atoms with Crippen LogP contribution >= 0.6 is 0 Å². The smallest absolute Gasteiger partial charge is 0.225 e. The Labute approximate surface area is 62.3 Å². The van der Waals surface area contributed by atoms with Crippen LogP contribution in [-0.2, 0) is 4.79 Å². The van der Waals surface area contributed by atoms with Crippen LogP contribution in [0.3, 0.4) is 0 Å². The molecule has 0 aliphatic rings. The van der Waals surface area contributed by atoms with Gasteiger partial charge < -0.3 is 30.3 Å². The summed E-state index contributed by atoms with van der Waals surface area (Å²) in [6, 6.07) is 0. The molecule has 0 saturated carbocycles. The Morgan fingerprint density at radius 1 is 1.36 bits per heavy atom. The third kappa shape index (κ3) is 2.21. The highest BCUT2D eigenvalue weighted by Crippen LogP contribution is 2.10. The number of carbonyl (C=O) groups excluding carboxylic acids is 1. The Hall–Kier alpha value is -0.530. The summed E-state index contributed by atoms with van der Waals surface area (Å²) >= 11 is 0. The standard InChI is InChI=1S/C5H10O6/c6-1-3(8)5(10,11)4(9)2-7/h1,3-4,7-11H,2H2/t3-,4-/m1/s1. The summed E-state index contributed by atoms with van der Waals surface area (Å²) in [6.07, 6.45) is -4.26. The molecule has 6 nitrogen and oxygen atoms in total. The molecule has 0 rings (SSSR count). The van der Waals surface area contributed by atoms with Crippen molar-refractivity contribution in [2.24, 2.45) is 0 Å². The average molecular weight is 166 g/mol. The number of hydrogen-bond acceptors (Lipinski definition) is 6. The van der Waals surface area contributed by atoms with Gasteiger partial charge in [-0.2, -0.15) is 0 Å². The second kappa shape index (κ2) is 3.74. The van der Waals surface area contributed by atoms with Crippen molar-refractivity contribution in [2.75, 3.05) is 6.61 Å². The summed E-state index contributed by atoms with van der Waals surface area (Å²) in [7, 11) is 0. The third-order valence-electron chi connectivity index (χ3n) is 1.23. The number of aliphatic hydroxyl groups excluding tert-OH is 3. The minimum Gasteiger partial charge on any atom is -0.393 e. The van der Waals surface area contributed by atoms with Crippen molar-refractivity contribution < 1.29 is 30.3 Å². The molecule has 0 spiro atoms. The second-order valence-corrected chi connectivity index (χ2v) is 2.06. The van der Waals surface area contributed by atoms with Gasteiger partial charge in [0.15, 0.2) is 12.4 Å². The Morgan fingerprint density at radius 3 is 2.09 bits per heavy atom. The lowest BCUT2D eigenvalue weighted by molar-refractivity contribution is -0.270. The van der Waals surface area contributed by atoms with Crippen molar-refractivity contribution in [2.45, 2.75) is 18.0 Å². The van der Waals surface area contributed by atoms with Crippen LogP contribution < -0.4 is 0 Å². The maximum Gasteiger partial charge on any atom is 0.225 e. The molecule has 66 valence electrons. The topological polar surface area (TPSA) is 118 Å². The first-order valence-corrected chi connectivity index (χ1v) is 2.83. The van der Waals surface area contributed by atoms with Crippen molar-refractivity contribution in [1.82, 2.24) is 0 Å². The van der Waals surface area contributed by atoms with Crippen molar-refractivity contribution in [1.29, 1.82) is 0 Å². The van der Waals surface area contributed by atoms with Crippen LogP contribution in [0.4, 0.5) is 0 Å². The molecular formula is C5H10O6. The Balaban J connectivity index is 4.29. The molecule has 6 heteroatoms. The van der Waals surface area contributed by atoms with E-state index < -0.39 is 24.6 Å². The fourth-order valence-corrected chi connectivity index (χ4v) is 0.432. The predicted molar refractivity (Wildman–Crippen MR) is 32.3 cm³/mol. The molecule has 0 aliphatic heterocycles. The predicted octanol–water partition coefficient (Wildman–Crippen LogP) is -3.42. The van der Waals surface area contributed by atoms with E-state index in [1.165, 1.54) is 0 Å². The zero-order valence-corrected chi connectivity index (χ0v) is 5.58. The number of aldehydes is 1. The molecule has 5 N–H and O–H groups in total. The van der Waals surface area contributed by atoms with E-state index in [2.05, 4.69) is 0 Å².